The lowest BCUT2D eigenvalue weighted by molar-refractivity contribution is -0.121. The van der Waals surface area contributed by atoms with E-state index >= 15 is 0 Å². The second kappa shape index (κ2) is 6.47. The number of hydrogen-bond donors (Lipinski definition) is 2. The van der Waals surface area contributed by atoms with Crippen LogP contribution in [-0.4, -0.2) is 17.6 Å². The molecule has 116 valence electrons. The zero-order chi connectivity index (χ0) is 16.2. The molecule has 0 aliphatic rings. The van der Waals surface area contributed by atoms with Crippen molar-refractivity contribution in [1.29, 1.82) is 0 Å². The molecule has 0 spiro atoms. The molecule has 2 aromatic carbocycles. The summed E-state index contributed by atoms with van der Waals surface area (Å²) in [7, 11) is 0. The Kier molecular flexibility index (Phi) is 4.65. The first-order valence-corrected chi connectivity index (χ1v) is 7.09. The predicted octanol–water partition coefficient (Wildman–Crippen LogP) is 2.94. The van der Waals surface area contributed by atoms with Crippen molar-refractivity contribution in [3.05, 3.63) is 48.0 Å². The van der Waals surface area contributed by atoms with Gasteiger partial charge in [-0.25, -0.2) is 10.2 Å². The van der Waals surface area contributed by atoms with Crippen LogP contribution in [0.4, 0.5) is 4.79 Å². The summed E-state index contributed by atoms with van der Waals surface area (Å²) in [6, 6.07) is 13.8. The van der Waals surface area contributed by atoms with Crippen LogP contribution in [0.25, 0.3) is 10.8 Å². The van der Waals surface area contributed by atoms with Crippen molar-refractivity contribution >= 4 is 22.8 Å². The zero-order valence-electron chi connectivity index (χ0n) is 13.0. The quantitative estimate of drug-likeness (QED) is 0.838. The van der Waals surface area contributed by atoms with Gasteiger partial charge in [-0.15, -0.1) is 0 Å². The summed E-state index contributed by atoms with van der Waals surface area (Å²) in [5.41, 5.74) is 4.85. The average Bonchev–Trinajstić information content (AvgIpc) is 2.43. The minimum atomic E-state index is -0.681. The fraction of sp³-hybridized carbons (Fsp3) is 0.294. The van der Waals surface area contributed by atoms with E-state index in [0.717, 1.165) is 16.3 Å². The smallest absolute Gasteiger partial charge is 0.426 e. The average molecular weight is 300 g/mol. The fourth-order valence-corrected chi connectivity index (χ4v) is 2.00. The number of fused-ring (bicyclic) bond motifs is 1. The van der Waals surface area contributed by atoms with Crippen LogP contribution in [0.2, 0.25) is 0 Å². The number of carbonyl (C=O) groups is 2. The molecule has 2 aromatic rings. The normalized spacial score (nSPS) is 11.0. The number of rotatable bonds is 2. The van der Waals surface area contributed by atoms with Gasteiger partial charge in [0.25, 0.3) is 0 Å². The van der Waals surface area contributed by atoms with E-state index in [9.17, 15) is 9.59 Å². The monoisotopic (exact) mass is 300 g/mol. The van der Waals surface area contributed by atoms with Crippen molar-refractivity contribution in [2.24, 2.45) is 0 Å². The number of nitrogens with one attached hydrogen (secondary N) is 2. The van der Waals surface area contributed by atoms with Gasteiger partial charge in [-0.1, -0.05) is 42.5 Å². The summed E-state index contributed by atoms with van der Waals surface area (Å²) < 4.78 is 5.03. The molecule has 2 N–H and O–H groups in total. The van der Waals surface area contributed by atoms with Crippen LogP contribution in [-0.2, 0) is 16.0 Å². The van der Waals surface area contributed by atoms with Crippen molar-refractivity contribution in [3.8, 4) is 0 Å². The van der Waals surface area contributed by atoms with Crippen LogP contribution >= 0.6 is 0 Å². The number of carbonyl (C=O) groups excluding carboxylic acids is 2. The molecule has 0 aromatic heterocycles. The second-order valence-corrected chi connectivity index (χ2v) is 6.03. The largest absolute Gasteiger partial charge is 0.443 e. The fourth-order valence-electron chi connectivity index (χ4n) is 2.00. The maximum absolute atomic E-state index is 11.8. The predicted molar refractivity (Wildman–Crippen MR) is 85.2 cm³/mol. The number of benzene rings is 2. The Hall–Kier alpha value is -2.56. The molecular weight excluding hydrogens is 280 g/mol. The molecule has 0 saturated carbocycles. The first-order chi connectivity index (χ1) is 10.3. The van der Waals surface area contributed by atoms with Crippen LogP contribution in [0, 0.1) is 0 Å². The van der Waals surface area contributed by atoms with Crippen LogP contribution in [0.1, 0.15) is 26.3 Å². The summed E-state index contributed by atoms with van der Waals surface area (Å²) in [5.74, 6) is -0.304. The minimum absolute atomic E-state index is 0.181. The maximum atomic E-state index is 11.8. The van der Waals surface area contributed by atoms with E-state index in [0.29, 0.717) is 0 Å². The molecule has 0 atom stereocenters. The number of ether oxygens (including phenoxy) is 1. The highest BCUT2D eigenvalue weighted by atomic mass is 16.6. The molecule has 22 heavy (non-hydrogen) atoms. The summed E-state index contributed by atoms with van der Waals surface area (Å²) in [6.45, 7) is 5.26. The molecule has 0 unspecified atom stereocenters. The molecule has 0 radical (unpaired) electrons. The van der Waals surface area contributed by atoms with Gasteiger partial charge in [-0.2, -0.15) is 0 Å². The van der Waals surface area contributed by atoms with Crippen molar-refractivity contribution < 1.29 is 14.3 Å². The maximum Gasteiger partial charge on any atom is 0.426 e. The van der Waals surface area contributed by atoms with Gasteiger partial charge < -0.3 is 4.74 Å². The van der Waals surface area contributed by atoms with E-state index in [1.165, 1.54) is 0 Å². The van der Waals surface area contributed by atoms with Crippen molar-refractivity contribution in [2.45, 2.75) is 32.8 Å². The van der Waals surface area contributed by atoms with Crippen molar-refractivity contribution in [2.75, 3.05) is 0 Å². The van der Waals surface area contributed by atoms with Gasteiger partial charge in [0.1, 0.15) is 5.60 Å². The molecule has 0 saturated heterocycles. The van der Waals surface area contributed by atoms with Crippen LogP contribution in [0.5, 0.6) is 0 Å². The summed E-state index contributed by atoms with van der Waals surface area (Å²) in [6.07, 6.45) is -0.500. The minimum Gasteiger partial charge on any atom is -0.443 e. The Morgan fingerprint density at radius 1 is 1.00 bits per heavy atom. The van der Waals surface area contributed by atoms with Crippen molar-refractivity contribution in [3.63, 3.8) is 0 Å². The molecule has 5 nitrogen and oxygen atoms in total. The van der Waals surface area contributed by atoms with Gasteiger partial charge in [0.05, 0.1) is 6.42 Å². The second-order valence-electron chi connectivity index (χ2n) is 6.03. The molecule has 2 amide bonds. The third kappa shape index (κ3) is 4.77. The van der Waals surface area contributed by atoms with Gasteiger partial charge in [0.2, 0.25) is 5.91 Å². The lowest BCUT2D eigenvalue weighted by atomic mass is 10.1. The van der Waals surface area contributed by atoms with Crippen LogP contribution in [0.15, 0.2) is 42.5 Å². The van der Waals surface area contributed by atoms with Crippen molar-refractivity contribution in [1.82, 2.24) is 10.9 Å². The van der Waals surface area contributed by atoms with Gasteiger partial charge in [0.15, 0.2) is 0 Å². The molecule has 0 aliphatic heterocycles. The van der Waals surface area contributed by atoms with Gasteiger partial charge in [0, 0.05) is 0 Å². The van der Waals surface area contributed by atoms with Gasteiger partial charge in [-0.3, -0.25) is 10.2 Å². The molecule has 0 bridgehead atoms. The van der Waals surface area contributed by atoms with E-state index in [1.807, 2.05) is 42.5 Å². The first kappa shape index (κ1) is 15.8. The molecule has 2 rings (SSSR count). The summed E-state index contributed by atoms with van der Waals surface area (Å²) >= 11 is 0. The molecule has 0 fully saturated rings. The third-order valence-electron chi connectivity index (χ3n) is 2.88. The Balaban J connectivity index is 1.89. The van der Waals surface area contributed by atoms with E-state index in [-0.39, 0.29) is 12.3 Å². The highest BCUT2D eigenvalue weighted by Gasteiger charge is 2.16. The topological polar surface area (TPSA) is 67.4 Å². The SMILES string of the molecule is CC(C)(C)OC(=O)NNC(=O)Cc1ccc2ccccc2c1. The van der Waals surface area contributed by atoms with E-state index in [4.69, 9.17) is 4.74 Å². The van der Waals surface area contributed by atoms with Crippen LogP contribution in [0.3, 0.4) is 0 Å². The number of amides is 2. The molecule has 0 heterocycles. The highest BCUT2D eigenvalue weighted by Crippen LogP contribution is 2.15. The highest BCUT2D eigenvalue weighted by molar-refractivity contribution is 5.86. The molecule has 5 heteroatoms. The Morgan fingerprint density at radius 2 is 1.68 bits per heavy atom. The summed E-state index contributed by atoms with van der Waals surface area (Å²) in [4.78, 5) is 23.3. The van der Waals surface area contributed by atoms with E-state index in [2.05, 4.69) is 10.9 Å². The van der Waals surface area contributed by atoms with Gasteiger partial charge in [-0.05, 0) is 37.1 Å². The Labute approximate surface area is 129 Å². The third-order valence-corrected chi connectivity index (χ3v) is 2.88. The lowest BCUT2D eigenvalue weighted by Gasteiger charge is -2.19. The van der Waals surface area contributed by atoms with Gasteiger partial charge >= 0.3 is 6.09 Å². The lowest BCUT2D eigenvalue weighted by Crippen LogP contribution is -2.44. The Morgan fingerprint density at radius 3 is 2.36 bits per heavy atom. The molecule has 0 aliphatic carbocycles. The summed E-state index contributed by atoms with van der Waals surface area (Å²) in [5, 5.41) is 2.20. The first-order valence-electron chi connectivity index (χ1n) is 7.09. The van der Waals surface area contributed by atoms with Crippen LogP contribution < -0.4 is 10.9 Å². The number of hydrogen-bond acceptors (Lipinski definition) is 3. The van der Waals surface area contributed by atoms with E-state index < -0.39 is 11.7 Å². The zero-order valence-corrected chi connectivity index (χ0v) is 13.0. The standard InChI is InChI=1S/C17H20N2O3/c1-17(2,3)22-16(21)19-18-15(20)11-12-8-9-13-6-4-5-7-14(13)10-12/h4-10H,11H2,1-3H3,(H,18,20)(H,19,21). The number of hydrazine groups is 1. The molecular formula is C17H20N2O3. The Bertz CT molecular complexity index is 690. The van der Waals surface area contributed by atoms with E-state index in [1.54, 1.807) is 20.8 Å².